The molecule has 3 amide bonds. The molecule has 5 atom stereocenters. The van der Waals surface area contributed by atoms with E-state index in [-0.39, 0.29) is 61.5 Å². The van der Waals surface area contributed by atoms with Crippen LogP contribution in [0.25, 0.3) is 32.6 Å². The summed E-state index contributed by atoms with van der Waals surface area (Å²) in [6.07, 6.45) is 3.31. The Balaban J connectivity index is 0.710. The van der Waals surface area contributed by atoms with Gasteiger partial charge in [0.1, 0.15) is 29.7 Å². The molecule has 3 aromatic heterocycles. The summed E-state index contributed by atoms with van der Waals surface area (Å²) in [7, 11) is -6.71. The molecule has 3 aromatic carbocycles. The summed E-state index contributed by atoms with van der Waals surface area (Å²) in [6.45, 7) is 23.8. The summed E-state index contributed by atoms with van der Waals surface area (Å²) in [5.41, 5.74) is 4.92. The Labute approximate surface area is 530 Å². The Morgan fingerprint density at radius 2 is 1.53 bits per heavy atom. The van der Waals surface area contributed by atoms with Gasteiger partial charge < -0.3 is 34.9 Å². The lowest BCUT2D eigenvalue weighted by atomic mass is 9.85. The van der Waals surface area contributed by atoms with E-state index in [1.54, 1.807) is 34.0 Å². The largest absolute Gasteiger partial charge is 0.412 e. The van der Waals surface area contributed by atoms with Crippen LogP contribution in [0.15, 0.2) is 84.6 Å². The highest BCUT2D eigenvalue weighted by Crippen LogP contribution is 2.40. The summed E-state index contributed by atoms with van der Waals surface area (Å²) in [4.78, 5) is 78.7. The van der Waals surface area contributed by atoms with Gasteiger partial charge in [-0.15, -0.1) is 11.3 Å². The maximum Gasteiger partial charge on any atom is 0.301 e. The van der Waals surface area contributed by atoms with Gasteiger partial charge in [0.2, 0.25) is 23.5 Å². The first-order chi connectivity index (χ1) is 42.6. The third kappa shape index (κ3) is 14.8. The SMILES string of the molecule is Cc1ncsc1-c1ccc([C@H](CO)NC(=O)[C@@H]2CC(O[Si](C)(C)C(C)(C)C)CN2C(=O)[C@@H](NC(=O)CN2CCC(CN3CCN(c4ccc(-c5cnc6[nH]cc(C(=O)c7c(F)ccc(NS(=O)(=O)N8CC[C@@H](F)C8)c7F)c6c5)cc4)CC3)CC2)C(C)(C)C)cc1. The van der Waals surface area contributed by atoms with Crippen molar-refractivity contribution in [3.05, 3.63) is 119 Å². The van der Waals surface area contributed by atoms with Crippen molar-refractivity contribution >= 4 is 75.8 Å². The van der Waals surface area contributed by atoms with Crippen LogP contribution in [0, 0.1) is 29.9 Å². The monoisotopic (exact) mass is 1300 g/mol. The number of thiazole rings is 1. The molecule has 0 radical (unpaired) electrons. The first kappa shape index (κ1) is 66.3. The van der Waals surface area contributed by atoms with Crippen molar-refractivity contribution < 1.29 is 50.3 Å². The summed E-state index contributed by atoms with van der Waals surface area (Å²) in [5.74, 6) is -4.13. The van der Waals surface area contributed by atoms with E-state index in [4.69, 9.17) is 4.43 Å². The molecule has 4 aliphatic heterocycles. The van der Waals surface area contributed by atoms with Crippen molar-refractivity contribution in [2.24, 2.45) is 11.3 Å². The van der Waals surface area contributed by atoms with E-state index in [0.717, 1.165) is 108 Å². The standard InChI is InChI=1S/C65H84F3N11O8S2Si/c1-40-59(88-39-71-40)44-12-10-43(11-13-44)53(38-80)72-62(83)54-31-48(87-90(8,9)65(5,6)7)36-79(54)63(84)60(64(2,3)4)73-55(81)37-75-23-20-41(21-24-75)34-76-26-28-77(29-27-76)47-16-14-42(15-17-47)45-30-49-50(33-70-61(49)69-32-45)58(82)56-51(67)18-19-52(57(56)68)74-89(85,86)78-25-22-46(66)35-78/h10-19,30,32-33,39,41,46,48,53-54,60,74,80H,20-29,31,34-38H2,1-9H3,(H,69,70)(H,72,83)(H,73,81)/t46-,48?,53+,54+,60-/m1/s1. The number of carbonyl (C=O) groups is 4. The second-order valence-corrected chi connectivity index (χ2v) is 34.4. The van der Waals surface area contributed by atoms with Gasteiger partial charge in [-0.2, -0.15) is 12.7 Å². The van der Waals surface area contributed by atoms with Crippen LogP contribution >= 0.6 is 11.3 Å². The molecule has 90 heavy (non-hydrogen) atoms. The van der Waals surface area contributed by atoms with Gasteiger partial charge in [0.15, 0.2) is 14.1 Å². The fourth-order valence-corrected chi connectivity index (χ4v) is 15.8. The molecular formula is C65H84F3N11O8S2Si. The number of aryl methyl sites for hydroxylation is 1. The minimum Gasteiger partial charge on any atom is -0.412 e. The fourth-order valence-electron chi connectivity index (χ4n) is 12.3. The number of amides is 3. The molecule has 5 N–H and O–H groups in total. The van der Waals surface area contributed by atoms with Gasteiger partial charge in [-0.3, -0.25) is 33.7 Å². The number of aromatic nitrogens is 3. The zero-order chi connectivity index (χ0) is 64.6. The average Bonchev–Trinajstić information content (AvgIpc) is 1.74. The van der Waals surface area contributed by atoms with E-state index in [2.05, 4.69) is 74.2 Å². The number of nitrogens with zero attached hydrogens (tertiary/aromatic N) is 7. The lowest BCUT2D eigenvalue weighted by molar-refractivity contribution is -0.144. The number of likely N-dealkylation sites (tertiary alicyclic amines) is 2. The fraction of sp³-hybridized carbons (Fsp3) is 0.508. The number of nitrogens with one attached hydrogen (secondary N) is 4. The number of halogens is 3. The van der Waals surface area contributed by atoms with Gasteiger partial charge in [-0.1, -0.05) is 77.9 Å². The molecule has 0 aliphatic carbocycles. The number of H-pyrrole nitrogens is 1. The molecule has 7 heterocycles. The van der Waals surface area contributed by atoms with Crippen LogP contribution < -0.4 is 20.3 Å². The van der Waals surface area contributed by atoms with Crippen molar-refractivity contribution in [2.45, 2.75) is 123 Å². The number of rotatable bonds is 20. The van der Waals surface area contributed by atoms with Crippen molar-refractivity contribution in [1.29, 1.82) is 0 Å². The Kier molecular flexibility index (Phi) is 19.9. The molecule has 1 unspecified atom stereocenters. The van der Waals surface area contributed by atoms with Gasteiger partial charge >= 0.3 is 10.2 Å². The number of fused-ring (bicyclic) bond motifs is 1. The second-order valence-electron chi connectivity index (χ2n) is 27.1. The van der Waals surface area contributed by atoms with Crippen molar-refractivity contribution in [2.75, 3.05) is 88.2 Å². The van der Waals surface area contributed by atoms with Crippen LogP contribution in [-0.4, -0.2) is 182 Å². The summed E-state index contributed by atoms with van der Waals surface area (Å²) in [5, 5.41) is 17.0. The first-order valence-corrected chi connectivity index (χ1v) is 36.2. The molecule has 0 saturated carbocycles. The van der Waals surface area contributed by atoms with Crippen LogP contribution in [0.2, 0.25) is 18.1 Å². The number of benzene rings is 3. The molecule has 10 rings (SSSR count). The number of piperazine rings is 1. The molecule has 0 bridgehead atoms. The van der Waals surface area contributed by atoms with Crippen molar-refractivity contribution in [1.82, 2.24) is 44.6 Å². The van der Waals surface area contributed by atoms with E-state index >= 15 is 8.78 Å². The van der Waals surface area contributed by atoms with Gasteiger partial charge in [-0.25, -0.2) is 23.1 Å². The normalized spacial score (nSPS) is 20.2. The van der Waals surface area contributed by atoms with Crippen LogP contribution in [0.4, 0.5) is 24.5 Å². The smallest absolute Gasteiger partial charge is 0.301 e. The number of aliphatic hydroxyl groups is 1. The van der Waals surface area contributed by atoms with E-state index in [1.807, 2.05) is 80.9 Å². The summed E-state index contributed by atoms with van der Waals surface area (Å²) < 4.78 is 80.5. The van der Waals surface area contributed by atoms with Gasteiger partial charge in [-0.05, 0) is 116 Å². The number of anilines is 2. The Bertz CT molecular complexity index is 3690. The van der Waals surface area contributed by atoms with Crippen LogP contribution in [-0.2, 0) is 29.0 Å². The summed E-state index contributed by atoms with van der Waals surface area (Å²) >= 11 is 1.55. The van der Waals surface area contributed by atoms with E-state index in [1.165, 1.54) is 6.20 Å². The van der Waals surface area contributed by atoms with Crippen LogP contribution in [0.3, 0.4) is 0 Å². The minimum absolute atomic E-state index is 0.00707. The zero-order valence-corrected chi connectivity index (χ0v) is 55.4. The third-order valence-corrected chi connectivity index (χ3v) is 25.7. The van der Waals surface area contributed by atoms with E-state index in [0.29, 0.717) is 22.5 Å². The molecule has 6 aromatic rings. The number of hydrogen-bond donors (Lipinski definition) is 5. The Hall–Kier alpha value is -6.58. The quantitative estimate of drug-likeness (QED) is 0.0356. The van der Waals surface area contributed by atoms with Gasteiger partial charge in [0.05, 0.1) is 52.6 Å². The molecule has 25 heteroatoms. The lowest BCUT2D eigenvalue weighted by Crippen LogP contribution is -2.59. The number of carbonyl (C=O) groups excluding carboxylic acids is 4. The predicted octanol–water partition coefficient (Wildman–Crippen LogP) is 9.08. The Morgan fingerprint density at radius 1 is 0.844 bits per heavy atom. The van der Waals surface area contributed by atoms with E-state index in [9.17, 15) is 37.1 Å². The molecule has 19 nitrogen and oxygen atoms in total. The number of piperidine rings is 1. The van der Waals surface area contributed by atoms with E-state index < -0.39 is 95.5 Å². The Morgan fingerprint density at radius 3 is 2.16 bits per heavy atom. The van der Waals surface area contributed by atoms with Gasteiger partial charge in [0.25, 0.3) is 0 Å². The first-order valence-electron chi connectivity index (χ1n) is 31.0. The predicted molar refractivity (Wildman–Crippen MR) is 347 cm³/mol. The number of aliphatic hydroxyl groups excluding tert-OH is 1. The molecule has 4 saturated heterocycles. The maximum atomic E-state index is 15.9. The highest BCUT2D eigenvalue weighted by molar-refractivity contribution is 7.90. The van der Waals surface area contributed by atoms with Crippen molar-refractivity contribution in [3.63, 3.8) is 0 Å². The topological polar surface area (TPSA) is 226 Å². The zero-order valence-electron chi connectivity index (χ0n) is 52.7. The minimum atomic E-state index is -4.38. The van der Waals surface area contributed by atoms with Crippen LogP contribution in [0.5, 0.6) is 0 Å². The molecule has 4 aliphatic rings. The molecule has 0 spiro atoms. The third-order valence-electron chi connectivity index (χ3n) is 18.6. The van der Waals surface area contributed by atoms with Crippen LogP contribution in [0.1, 0.15) is 100 Å². The maximum absolute atomic E-state index is 15.9. The number of alkyl halides is 1. The lowest BCUT2D eigenvalue weighted by Gasteiger charge is -2.40. The summed E-state index contributed by atoms with van der Waals surface area (Å²) in [6, 6.07) is 16.5. The number of aromatic amines is 1. The molecule has 484 valence electrons. The molecular weight excluding hydrogens is 1210 g/mol. The average molecular weight is 1300 g/mol. The van der Waals surface area contributed by atoms with Crippen molar-refractivity contribution in [3.8, 4) is 21.6 Å². The molecule has 4 fully saturated rings. The number of hydrogen-bond acceptors (Lipinski definition) is 14. The number of pyridine rings is 1. The number of ketones is 1. The highest BCUT2D eigenvalue weighted by atomic mass is 32.2. The highest BCUT2D eigenvalue weighted by Gasteiger charge is 2.49. The second kappa shape index (κ2) is 26.9. The van der Waals surface area contributed by atoms with Gasteiger partial charge in [0, 0.05) is 93.4 Å².